The fourth-order valence-corrected chi connectivity index (χ4v) is 3.74. The number of carbonyl (C=O) groups excluding carboxylic acids is 1. The number of piperidine rings is 1. The highest BCUT2D eigenvalue weighted by Gasteiger charge is 2.22. The van der Waals surface area contributed by atoms with Gasteiger partial charge in [-0.3, -0.25) is 14.8 Å². The number of aromatic amines is 1. The predicted octanol–water partition coefficient (Wildman–Crippen LogP) is 4.01. The van der Waals surface area contributed by atoms with Crippen LogP contribution in [0.25, 0.3) is 11.3 Å². The fourth-order valence-electron chi connectivity index (χ4n) is 3.74. The maximum atomic E-state index is 13.2. The van der Waals surface area contributed by atoms with Crippen molar-refractivity contribution in [2.45, 2.75) is 25.8 Å². The second-order valence-electron chi connectivity index (χ2n) is 7.23. The van der Waals surface area contributed by atoms with Crippen LogP contribution >= 0.6 is 0 Å². The summed E-state index contributed by atoms with van der Waals surface area (Å²) in [5, 5.41) is 6.82. The first-order chi connectivity index (χ1) is 13.6. The highest BCUT2D eigenvalue weighted by molar-refractivity contribution is 6.15. The molecule has 2 heterocycles. The molecule has 5 nitrogen and oxygen atoms in total. The van der Waals surface area contributed by atoms with E-state index in [1.54, 1.807) is 18.2 Å². The third-order valence-corrected chi connectivity index (χ3v) is 5.20. The molecule has 0 atom stereocenters. The summed E-state index contributed by atoms with van der Waals surface area (Å²) in [6.45, 7) is 3.04. The van der Waals surface area contributed by atoms with Crippen LogP contribution in [-0.2, 0) is 6.54 Å². The highest BCUT2D eigenvalue weighted by Crippen LogP contribution is 2.28. The standard InChI is InChI=1S/C22H23FN4O/c23-18-9-7-16(8-10-18)20-19(22(24)26-25-20)21(28)17-6-4-5-15(13-17)14-27-11-2-1-3-12-27/h4-10,13H,1-3,11-12,14H2,(H3,24,25,26). The maximum absolute atomic E-state index is 13.2. The topological polar surface area (TPSA) is 75.0 Å². The number of carbonyl (C=O) groups is 1. The number of nitrogens with zero attached hydrogens (tertiary/aromatic N) is 2. The number of H-pyrrole nitrogens is 1. The van der Waals surface area contributed by atoms with E-state index in [2.05, 4.69) is 15.1 Å². The smallest absolute Gasteiger partial charge is 0.198 e. The third kappa shape index (κ3) is 3.82. The zero-order chi connectivity index (χ0) is 19.5. The molecular weight excluding hydrogens is 355 g/mol. The number of ketones is 1. The van der Waals surface area contributed by atoms with E-state index in [0.29, 0.717) is 22.4 Å². The van der Waals surface area contributed by atoms with Gasteiger partial charge in [0.2, 0.25) is 0 Å². The summed E-state index contributed by atoms with van der Waals surface area (Å²) in [4.78, 5) is 15.6. The van der Waals surface area contributed by atoms with Crippen molar-refractivity contribution in [1.82, 2.24) is 15.1 Å². The number of nitrogens with one attached hydrogen (secondary N) is 1. The van der Waals surface area contributed by atoms with Crippen molar-refractivity contribution in [3.63, 3.8) is 0 Å². The van der Waals surface area contributed by atoms with E-state index in [-0.39, 0.29) is 17.4 Å². The van der Waals surface area contributed by atoms with Gasteiger partial charge in [0.1, 0.15) is 5.82 Å². The van der Waals surface area contributed by atoms with Crippen molar-refractivity contribution in [3.05, 3.63) is 71.0 Å². The molecule has 6 heteroatoms. The van der Waals surface area contributed by atoms with Gasteiger partial charge in [0.25, 0.3) is 0 Å². The zero-order valence-corrected chi connectivity index (χ0v) is 15.6. The SMILES string of the molecule is Nc1n[nH]c(-c2ccc(F)cc2)c1C(=O)c1cccc(CN2CCCCC2)c1. The molecule has 1 aliphatic heterocycles. The van der Waals surface area contributed by atoms with Crippen LogP contribution in [-0.4, -0.2) is 34.0 Å². The van der Waals surface area contributed by atoms with E-state index >= 15 is 0 Å². The van der Waals surface area contributed by atoms with Gasteiger partial charge in [-0.1, -0.05) is 24.6 Å². The number of hydrogen-bond donors (Lipinski definition) is 2. The van der Waals surface area contributed by atoms with Gasteiger partial charge in [0.15, 0.2) is 11.6 Å². The molecule has 1 saturated heterocycles. The highest BCUT2D eigenvalue weighted by atomic mass is 19.1. The van der Waals surface area contributed by atoms with Gasteiger partial charge in [-0.15, -0.1) is 0 Å². The Bertz CT molecular complexity index is 974. The lowest BCUT2D eigenvalue weighted by Gasteiger charge is -2.26. The van der Waals surface area contributed by atoms with Crippen molar-refractivity contribution in [2.75, 3.05) is 18.8 Å². The lowest BCUT2D eigenvalue weighted by atomic mass is 9.98. The summed E-state index contributed by atoms with van der Waals surface area (Å²) < 4.78 is 13.2. The second-order valence-corrected chi connectivity index (χ2v) is 7.23. The second kappa shape index (κ2) is 7.94. The number of hydrogen-bond acceptors (Lipinski definition) is 4. The number of likely N-dealkylation sites (tertiary alicyclic amines) is 1. The van der Waals surface area contributed by atoms with Gasteiger partial charge in [-0.25, -0.2) is 4.39 Å². The molecule has 0 bridgehead atoms. The van der Waals surface area contributed by atoms with Gasteiger partial charge in [-0.05, 0) is 61.8 Å². The van der Waals surface area contributed by atoms with Crippen LogP contribution in [0.5, 0.6) is 0 Å². The molecule has 1 fully saturated rings. The fraction of sp³-hybridized carbons (Fsp3) is 0.273. The van der Waals surface area contributed by atoms with Crippen molar-refractivity contribution < 1.29 is 9.18 Å². The summed E-state index contributed by atoms with van der Waals surface area (Å²) in [5.74, 6) is -0.383. The van der Waals surface area contributed by atoms with E-state index in [0.717, 1.165) is 25.2 Å². The third-order valence-electron chi connectivity index (χ3n) is 5.20. The Balaban J connectivity index is 1.62. The van der Waals surface area contributed by atoms with Crippen LogP contribution in [0.2, 0.25) is 0 Å². The average molecular weight is 378 g/mol. The predicted molar refractivity (Wildman–Crippen MR) is 107 cm³/mol. The molecule has 2 aromatic carbocycles. The minimum absolute atomic E-state index is 0.144. The first-order valence-corrected chi connectivity index (χ1v) is 9.57. The normalized spacial score (nSPS) is 14.9. The minimum atomic E-state index is -0.338. The van der Waals surface area contributed by atoms with E-state index in [1.807, 2.05) is 18.2 Å². The molecule has 0 aliphatic carbocycles. The Kier molecular flexibility index (Phi) is 5.21. The molecule has 0 radical (unpaired) electrons. The van der Waals surface area contributed by atoms with Crippen LogP contribution in [0.3, 0.4) is 0 Å². The minimum Gasteiger partial charge on any atom is -0.382 e. The molecule has 28 heavy (non-hydrogen) atoms. The Morgan fingerprint density at radius 3 is 2.61 bits per heavy atom. The van der Waals surface area contributed by atoms with Crippen LogP contribution in [0, 0.1) is 5.82 Å². The molecule has 0 amide bonds. The lowest BCUT2D eigenvalue weighted by Crippen LogP contribution is -2.29. The molecule has 0 spiro atoms. The van der Waals surface area contributed by atoms with E-state index in [1.165, 1.54) is 31.4 Å². The largest absolute Gasteiger partial charge is 0.382 e. The molecule has 144 valence electrons. The Morgan fingerprint density at radius 2 is 1.86 bits per heavy atom. The molecule has 0 saturated carbocycles. The monoisotopic (exact) mass is 378 g/mol. The molecule has 0 unspecified atom stereocenters. The van der Waals surface area contributed by atoms with Crippen LogP contribution in [0.1, 0.15) is 40.7 Å². The van der Waals surface area contributed by atoms with E-state index in [4.69, 9.17) is 5.73 Å². The number of nitrogens with two attached hydrogens (primary N) is 1. The number of nitrogen functional groups attached to an aromatic ring is 1. The summed E-state index contributed by atoms with van der Waals surface area (Å²) in [6.07, 6.45) is 3.75. The Labute approximate surface area is 163 Å². The van der Waals surface area contributed by atoms with Gasteiger partial charge in [0.05, 0.1) is 11.3 Å². The van der Waals surface area contributed by atoms with Crippen LogP contribution < -0.4 is 5.73 Å². The van der Waals surface area contributed by atoms with E-state index < -0.39 is 0 Å². The van der Waals surface area contributed by atoms with Crippen molar-refractivity contribution >= 4 is 11.6 Å². The van der Waals surface area contributed by atoms with Crippen LogP contribution in [0.15, 0.2) is 48.5 Å². The molecule has 1 aliphatic rings. The number of rotatable bonds is 5. The number of benzene rings is 2. The van der Waals surface area contributed by atoms with Crippen LogP contribution in [0.4, 0.5) is 10.2 Å². The van der Waals surface area contributed by atoms with Gasteiger partial charge < -0.3 is 5.73 Å². The summed E-state index contributed by atoms with van der Waals surface area (Å²) >= 11 is 0. The summed E-state index contributed by atoms with van der Waals surface area (Å²) in [7, 11) is 0. The Morgan fingerprint density at radius 1 is 1.11 bits per heavy atom. The molecule has 4 rings (SSSR count). The number of halogens is 1. The maximum Gasteiger partial charge on any atom is 0.198 e. The van der Waals surface area contributed by atoms with Gasteiger partial charge in [0, 0.05) is 17.7 Å². The summed E-state index contributed by atoms with van der Waals surface area (Å²) in [6, 6.07) is 13.6. The number of aromatic nitrogens is 2. The van der Waals surface area contributed by atoms with Crippen molar-refractivity contribution in [3.8, 4) is 11.3 Å². The first kappa shape index (κ1) is 18.4. The van der Waals surface area contributed by atoms with Crippen molar-refractivity contribution in [1.29, 1.82) is 0 Å². The lowest BCUT2D eigenvalue weighted by molar-refractivity contribution is 0.104. The first-order valence-electron chi connectivity index (χ1n) is 9.57. The molecule has 3 aromatic rings. The molecular formula is C22H23FN4O. The zero-order valence-electron chi connectivity index (χ0n) is 15.6. The summed E-state index contributed by atoms with van der Waals surface area (Å²) in [5.41, 5.74) is 9.16. The van der Waals surface area contributed by atoms with Crippen molar-refractivity contribution in [2.24, 2.45) is 0 Å². The van der Waals surface area contributed by atoms with Gasteiger partial charge >= 0.3 is 0 Å². The average Bonchev–Trinajstić information content (AvgIpc) is 3.10. The molecule has 3 N–H and O–H groups in total. The quantitative estimate of drug-likeness (QED) is 0.658. The van der Waals surface area contributed by atoms with E-state index in [9.17, 15) is 9.18 Å². The molecule has 1 aromatic heterocycles. The Hall–Kier alpha value is -2.99. The van der Waals surface area contributed by atoms with Gasteiger partial charge in [-0.2, -0.15) is 5.10 Å². The number of anilines is 1.